The number of rotatable bonds is 5. The number of nitrogens with two attached hydrogens (primary N) is 1. The molecule has 0 aliphatic rings. The highest BCUT2D eigenvalue weighted by Crippen LogP contribution is 2.15. The number of pyridine rings is 1. The molecule has 0 aliphatic carbocycles. The Bertz CT molecular complexity index is 547. The first-order valence-corrected chi connectivity index (χ1v) is 7.56. The Kier molecular flexibility index (Phi) is 5.19. The smallest absolute Gasteiger partial charge is 0.205 e. The van der Waals surface area contributed by atoms with Crippen molar-refractivity contribution in [2.24, 2.45) is 5.73 Å². The summed E-state index contributed by atoms with van der Waals surface area (Å²) in [5.41, 5.74) is 8.00. The number of benzene rings is 1. The Morgan fingerprint density at radius 1 is 1.11 bits per heavy atom. The molecule has 19 heavy (non-hydrogen) atoms. The van der Waals surface area contributed by atoms with Crippen LogP contribution in [0.1, 0.15) is 11.3 Å². The number of thioether (sulfide) groups is 1. The molecule has 2 rings (SSSR count). The van der Waals surface area contributed by atoms with Crippen LogP contribution in [0.25, 0.3) is 12.2 Å². The molecular formula is C16H19N2S+. The van der Waals surface area contributed by atoms with E-state index in [0.29, 0.717) is 6.54 Å². The summed E-state index contributed by atoms with van der Waals surface area (Å²) in [4.78, 5) is 1.29. The first-order valence-electron chi connectivity index (χ1n) is 6.34. The molecule has 0 saturated heterocycles. The summed E-state index contributed by atoms with van der Waals surface area (Å²) < 4.78 is 2.16. The molecule has 0 aliphatic heterocycles. The van der Waals surface area contributed by atoms with E-state index in [9.17, 15) is 0 Å². The summed E-state index contributed by atoms with van der Waals surface area (Å²) in [5, 5.41) is 0. The molecule has 98 valence electrons. The van der Waals surface area contributed by atoms with Gasteiger partial charge in [-0.3, -0.25) is 0 Å². The predicted octanol–water partition coefficient (Wildman–Crippen LogP) is 2.83. The van der Waals surface area contributed by atoms with Crippen LogP contribution in [0.5, 0.6) is 0 Å². The van der Waals surface area contributed by atoms with Gasteiger partial charge in [-0.05, 0) is 36.1 Å². The quantitative estimate of drug-likeness (QED) is 0.669. The molecule has 2 N–H and O–H groups in total. The molecule has 1 aromatic carbocycles. The fraction of sp³-hybridized carbons (Fsp3) is 0.188. The van der Waals surface area contributed by atoms with Crippen LogP contribution in [-0.2, 0) is 6.54 Å². The van der Waals surface area contributed by atoms with Gasteiger partial charge < -0.3 is 5.73 Å². The molecule has 2 aromatic rings. The van der Waals surface area contributed by atoms with E-state index >= 15 is 0 Å². The van der Waals surface area contributed by atoms with Crippen molar-refractivity contribution in [3.63, 3.8) is 0 Å². The van der Waals surface area contributed by atoms with Gasteiger partial charge in [-0.25, -0.2) is 0 Å². The lowest BCUT2D eigenvalue weighted by Crippen LogP contribution is -2.39. The van der Waals surface area contributed by atoms with Crippen LogP contribution in [0.2, 0.25) is 0 Å². The molecule has 0 amide bonds. The van der Waals surface area contributed by atoms with Crippen molar-refractivity contribution in [1.29, 1.82) is 0 Å². The third-order valence-electron chi connectivity index (χ3n) is 2.91. The molecule has 0 fully saturated rings. The Balaban J connectivity index is 2.17. The average Bonchev–Trinajstić information content (AvgIpc) is 2.47. The summed E-state index contributed by atoms with van der Waals surface area (Å²) in [6.45, 7) is 1.49. The fourth-order valence-corrected chi connectivity index (χ4v) is 2.29. The van der Waals surface area contributed by atoms with Crippen LogP contribution in [0.3, 0.4) is 0 Å². The lowest BCUT2D eigenvalue weighted by atomic mass is 10.2. The van der Waals surface area contributed by atoms with Crippen LogP contribution in [-0.4, -0.2) is 12.8 Å². The van der Waals surface area contributed by atoms with Crippen molar-refractivity contribution in [3.05, 3.63) is 59.9 Å². The van der Waals surface area contributed by atoms with Crippen molar-refractivity contribution < 1.29 is 4.57 Å². The van der Waals surface area contributed by atoms with E-state index in [0.717, 1.165) is 6.54 Å². The largest absolute Gasteiger partial charge is 0.325 e. The second-order valence-electron chi connectivity index (χ2n) is 4.21. The van der Waals surface area contributed by atoms with Gasteiger partial charge in [0.15, 0.2) is 12.7 Å². The van der Waals surface area contributed by atoms with Crippen LogP contribution in [0, 0.1) is 0 Å². The predicted molar refractivity (Wildman–Crippen MR) is 82.8 cm³/mol. The van der Waals surface area contributed by atoms with E-state index < -0.39 is 0 Å². The first-order chi connectivity index (χ1) is 9.33. The minimum atomic E-state index is 0.651. The Morgan fingerprint density at radius 2 is 1.89 bits per heavy atom. The summed E-state index contributed by atoms with van der Waals surface area (Å²) in [7, 11) is 0. The van der Waals surface area contributed by atoms with E-state index in [1.165, 1.54) is 16.2 Å². The maximum atomic E-state index is 5.62. The average molecular weight is 271 g/mol. The number of hydrogen-bond acceptors (Lipinski definition) is 2. The standard InChI is InChI=1S/C16H19N2S/c1-19-16-9-6-14(7-10-16)5-8-15-4-2-3-12-18(15)13-11-17/h2-10,12H,11,13,17H2,1H3/q+1/b8-5+. The monoisotopic (exact) mass is 271 g/mol. The van der Waals surface area contributed by atoms with Gasteiger partial charge in [0.05, 0.1) is 6.54 Å². The molecule has 0 saturated carbocycles. The third-order valence-corrected chi connectivity index (χ3v) is 3.65. The van der Waals surface area contributed by atoms with E-state index in [1.807, 2.05) is 12.1 Å². The van der Waals surface area contributed by atoms with Crippen molar-refractivity contribution in [1.82, 2.24) is 0 Å². The third kappa shape index (κ3) is 3.94. The zero-order valence-electron chi connectivity index (χ0n) is 11.1. The molecule has 1 aromatic heterocycles. The molecule has 0 unspecified atom stereocenters. The number of nitrogens with zero attached hydrogens (tertiary/aromatic N) is 1. The topological polar surface area (TPSA) is 29.9 Å². The van der Waals surface area contributed by atoms with Crippen LogP contribution >= 0.6 is 11.8 Å². The molecule has 0 radical (unpaired) electrons. The SMILES string of the molecule is CSc1ccc(/C=C/c2cccc[n+]2CCN)cc1. The fourth-order valence-electron chi connectivity index (χ4n) is 1.88. The van der Waals surface area contributed by atoms with Crippen molar-refractivity contribution in [2.45, 2.75) is 11.4 Å². The normalized spacial score (nSPS) is 11.1. The van der Waals surface area contributed by atoms with Gasteiger partial charge >= 0.3 is 0 Å². The van der Waals surface area contributed by atoms with Crippen molar-refractivity contribution >= 4 is 23.9 Å². The zero-order valence-corrected chi connectivity index (χ0v) is 11.9. The van der Waals surface area contributed by atoms with E-state index in [-0.39, 0.29) is 0 Å². The van der Waals surface area contributed by atoms with Crippen LogP contribution in [0.4, 0.5) is 0 Å². The summed E-state index contributed by atoms with van der Waals surface area (Å²) >= 11 is 1.76. The minimum absolute atomic E-state index is 0.651. The molecule has 0 atom stereocenters. The van der Waals surface area contributed by atoms with Gasteiger partial charge in [-0.1, -0.05) is 12.1 Å². The first kappa shape index (κ1) is 13.8. The molecule has 2 nitrogen and oxygen atoms in total. The molecular weight excluding hydrogens is 252 g/mol. The van der Waals surface area contributed by atoms with Gasteiger partial charge in [-0.2, -0.15) is 4.57 Å². The highest BCUT2D eigenvalue weighted by Gasteiger charge is 2.04. The second kappa shape index (κ2) is 7.12. The number of hydrogen-bond donors (Lipinski definition) is 1. The summed E-state index contributed by atoms with van der Waals surface area (Å²) in [6, 6.07) is 14.7. The van der Waals surface area contributed by atoms with Crippen molar-refractivity contribution in [2.75, 3.05) is 12.8 Å². The number of aromatic nitrogens is 1. The maximum Gasteiger partial charge on any atom is 0.205 e. The Labute approximate surface area is 119 Å². The lowest BCUT2D eigenvalue weighted by Gasteiger charge is -1.99. The minimum Gasteiger partial charge on any atom is -0.325 e. The molecule has 0 bridgehead atoms. The second-order valence-corrected chi connectivity index (χ2v) is 5.09. The Morgan fingerprint density at radius 3 is 2.58 bits per heavy atom. The van der Waals surface area contributed by atoms with Crippen LogP contribution < -0.4 is 10.3 Å². The summed E-state index contributed by atoms with van der Waals surface area (Å²) in [5.74, 6) is 0. The highest BCUT2D eigenvalue weighted by molar-refractivity contribution is 7.98. The molecule has 0 spiro atoms. The van der Waals surface area contributed by atoms with Gasteiger partial charge in [0.25, 0.3) is 0 Å². The van der Waals surface area contributed by atoms with Gasteiger partial charge in [0.1, 0.15) is 0 Å². The molecule has 1 heterocycles. The van der Waals surface area contributed by atoms with Crippen LogP contribution in [0.15, 0.2) is 53.6 Å². The molecule has 3 heteroatoms. The van der Waals surface area contributed by atoms with E-state index in [4.69, 9.17) is 5.73 Å². The van der Waals surface area contributed by atoms with Crippen molar-refractivity contribution in [3.8, 4) is 0 Å². The van der Waals surface area contributed by atoms with E-state index in [1.54, 1.807) is 11.8 Å². The lowest BCUT2D eigenvalue weighted by molar-refractivity contribution is -0.696. The van der Waals surface area contributed by atoms with Gasteiger partial charge in [0.2, 0.25) is 5.69 Å². The maximum absolute atomic E-state index is 5.62. The van der Waals surface area contributed by atoms with E-state index in [2.05, 4.69) is 59.5 Å². The highest BCUT2D eigenvalue weighted by atomic mass is 32.2. The Hall–Kier alpha value is -1.58. The van der Waals surface area contributed by atoms with Gasteiger partial charge in [-0.15, -0.1) is 11.8 Å². The summed E-state index contributed by atoms with van der Waals surface area (Å²) in [6.07, 6.45) is 8.41. The van der Waals surface area contributed by atoms with Gasteiger partial charge in [0, 0.05) is 23.1 Å². The zero-order chi connectivity index (χ0) is 13.5.